The topological polar surface area (TPSA) is 15.3 Å². The minimum Gasteiger partial charge on any atom is -0.314 e. The molecule has 1 unspecified atom stereocenters. The van der Waals surface area contributed by atoms with Crippen LogP contribution < -0.4 is 5.32 Å². The van der Waals surface area contributed by atoms with Gasteiger partial charge in [0.2, 0.25) is 0 Å². The van der Waals surface area contributed by atoms with Gasteiger partial charge in [0.05, 0.1) is 0 Å². The molecule has 0 heterocycles. The minimum absolute atomic E-state index is 0.293. The van der Waals surface area contributed by atoms with Crippen molar-refractivity contribution in [1.29, 1.82) is 0 Å². The van der Waals surface area contributed by atoms with E-state index < -0.39 is 0 Å². The molecular weight excluding hydrogens is 232 g/mol. The van der Waals surface area contributed by atoms with E-state index in [2.05, 4.69) is 75.3 Å². The Bertz CT molecular complexity index is 346. The third-order valence-electron chi connectivity index (χ3n) is 3.98. The lowest BCUT2D eigenvalue weighted by Gasteiger charge is -2.36. The highest BCUT2D eigenvalue weighted by atomic mass is 15.1. The van der Waals surface area contributed by atoms with Crippen molar-refractivity contribution in [2.24, 2.45) is 5.41 Å². The van der Waals surface area contributed by atoms with Crippen molar-refractivity contribution in [1.82, 2.24) is 10.2 Å². The Morgan fingerprint density at radius 3 is 2.42 bits per heavy atom. The number of likely N-dealkylation sites (N-methyl/N-ethyl adjacent to an activating group) is 1. The maximum atomic E-state index is 3.54. The third-order valence-corrected chi connectivity index (χ3v) is 3.98. The van der Waals surface area contributed by atoms with E-state index in [0.29, 0.717) is 11.5 Å². The summed E-state index contributed by atoms with van der Waals surface area (Å²) in [4.78, 5) is 2.45. The Morgan fingerprint density at radius 2 is 1.84 bits per heavy atom. The van der Waals surface area contributed by atoms with E-state index in [1.807, 2.05) is 0 Å². The second kappa shape index (κ2) is 7.66. The zero-order chi connectivity index (χ0) is 14.3. The Hall–Kier alpha value is -0.860. The first-order valence-corrected chi connectivity index (χ1v) is 7.41. The normalized spacial score (nSPS) is 13.8. The van der Waals surface area contributed by atoms with E-state index in [-0.39, 0.29) is 0 Å². The highest BCUT2D eigenvalue weighted by Gasteiger charge is 2.26. The molecule has 1 aromatic carbocycles. The molecule has 0 saturated carbocycles. The quantitative estimate of drug-likeness (QED) is 0.774. The summed E-state index contributed by atoms with van der Waals surface area (Å²) in [5.74, 6) is 0. The van der Waals surface area contributed by atoms with E-state index in [1.165, 1.54) is 5.56 Å². The molecule has 0 aliphatic rings. The molecule has 1 atom stereocenters. The van der Waals surface area contributed by atoms with Gasteiger partial charge >= 0.3 is 0 Å². The number of nitrogens with zero attached hydrogens (tertiary/aromatic N) is 1. The molecule has 1 N–H and O–H groups in total. The lowest BCUT2D eigenvalue weighted by Crippen LogP contribution is -2.46. The van der Waals surface area contributed by atoms with Crippen molar-refractivity contribution < 1.29 is 0 Å². The Morgan fingerprint density at radius 1 is 1.21 bits per heavy atom. The first kappa shape index (κ1) is 16.2. The first-order chi connectivity index (χ1) is 8.95. The average molecular weight is 262 g/mol. The van der Waals surface area contributed by atoms with E-state index in [4.69, 9.17) is 0 Å². The maximum Gasteiger partial charge on any atom is 0.0102 e. The highest BCUT2D eigenvalue weighted by Crippen LogP contribution is 2.21. The molecule has 0 aliphatic heterocycles. The number of nitrogens with one attached hydrogen (secondary N) is 1. The van der Waals surface area contributed by atoms with Crippen LogP contribution in [0, 0.1) is 5.41 Å². The van der Waals surface area contributed by atoms with Crippen LogP contribution in [0.3, 0.4) is 0 Å². The van der Waals surface area contributed by atoms with Crippen LogP contribution in [-0.4, -0.2) is 37.6 Å². The van der Waals surface area contributed by atoms with E-state index >= 15 is 0 Å². The molecule has 19 heavy (non-hydrogen) atoms. The molecule has 0 spiro atoms. The fraction of sp³-hybridized carbons (Fsp3) is 0.647. The zero-order valence-electron chi connectivity index (χ0n) is 13.2. The zero-order valence-corrected chi connectivity index (χ0v) is 13.2. The molecule has 2 heteroatoms. The molecule has 0 amide bonds. The van der Waals surface area contributed by atoms with Crippen LogP contribution in [0.15, 0.2) is 30.3 Å². The first-order valence-electron chi connectivity index (χ1n) is 7.41. The third kappa shape index (κ3) is 5.75. The summed E-state index contributed by atoms with van der Waals surface area (Å²) in [5, 5.41) is 3.54. The molecule has 0 radical (unpaired) electrons. The van der Waals surface area contributed by atoms with Crippen LogP contribution in [-0.2, 0) is 6.42 Å². The molecular formula is C17H30N2. The van der Waals surface area contributed by atoms with Crippen LogP contribution in [0.1, 0.15) is 33.3 Å². The van der Waals surface area contributed by atoms with Gasteiger partial charge in [0.1, 0.15) is 0 Å². The maximum absolute atomic E-state index is 3.54. The van der Waals surface area contributed by atoms with Gasteiger partial charge in [-0.25, -0.2) is 0 Å². The predicted octanol–water partition coefficient (Wildman–Crippen LogP) is 3.19. The molecule has 0 fully saturated rings. The Labute approximate surface area is 119 Å². The summed E-state index contributed by atoms with van der Waals surface area (Å²) >= 11 is 0. The summed E-state index contributed by atoms with van der Waals surface area (Å²) in [6.07, 6.45) is 1.13. The van der Waals surface area contributed by atoms with Crippen molar-refractivity contribution in [3.05, 3.63) is 35.9 Å². The van der Waals surface area contributed by atoms with Crippen LogP contribution in [0.25, 0.3) is 0 Å². The molecule has 1 aromatic rings. The van der Waals surface area contributed by atoms with Crippen molar-refractivity contribution in [3.8, 4) is 0 Å². The molecule has 0 aliphatic carbocycles. The van der Waals surface area contributed by atoms with Gasteiger partial charge < -0.3 is 10.2 Å². The second-order valence-corrected chi connectivity index (χ2v) is 6.24. The number of benzene rings is 1. The van der Waals surface area contributed by atoms with Crippen LogP contribution in [0.5, 0.6) is 0 Å². The highest BCUT2D eigenvalue weighted by molar-refractivity contribution is 5.14. The second-order valence-electron chi connectivity index (χ2n) is 6.24. The Kier molecular flexibility index (Phi) is 6.53. The summed E-state index contributed by atoms with van der Waals surface area (Å²) in [7, 11) is 2.23. The van der Waals surface area contributed by atoms with Gasteiger partial charge in [-0.3, -0.25) is 0 Å². The minimum atomic E-state index is 0.293. The molecule has 2 nitrogen and oxygen atoms in total. The number of hydrogen-bond donors (Lipinski definition) is 1. The van der Waals surface area contributed by atoms with Gasteiger partial charge in [0.25, 0.3) is 0 Å². The predicted molar refractivity (Wildman–Crippen MR) is 84.6 cm³/mol. The van der Waals surface area contributed by atoms with Gasteiger partial charge in [0.15, 0.2) is 0 Å². The summed E-state index contributed by atoms with van der Waals surface area (Å²) < 4.78 is 0. The van der Waals surface area contributed by atoms with E-state index in [0.717, 1.165) is 26.1 Å². The van der Waals surface area contributed by atoms with Gasteiger partial charge in [0, 0.05) is 19.1 Å². The molecule has 0 saturated heterocycles. The summed E-state index contributed by atoms with van der Waals surface area (Å²) in [6.45, 7) is 12.4. The van der Waals surface area contributed by atoms with Crippen molar-refractivity contribution in [2.75, 3.05) is 26.7 Å². The standard InChI is InChI=1S/C17H30N2/c1-6-18-15(2)17(3,4)14-19(5)13-12-16-10-8-7-9-11-16/h7-11,15,18H,6,12-14H2,1-5H3. The largest absolute Gasteiger partial charge is 0.314 e. The molecule has 1 rings (SSSR count). The number of rotatable bonds is 8. The SMILES string of the molecule is CCNC(C)C(C)(C)CN(C)CCc1ccccc1. The number of hydrogen-bond acceptors (Lipinski definition) is 2. The monoisotopic (exact) mass is 262 g/mol. The van der Waals surface area contributed by atoms with E-state index in [9.17, 15) is 0 Å². The average Bonchev–Trinajstić information content (AvgIpc) is 2.37. The van der Waals surface area contributed by atoms with Gasteiger partial charge in [-0.05, 0) is 37.9 Å². The molecule has 0 bridgehead atoms. The molecule has 0 aromatic heterocycles. The lowest BCUT2D eigenvalue weighted by atomic mass is 9.84. The lowest BCUT2D eigenvalue weighted by molar-refractivity contribution is 0.166. The molecule has 108 valence electrons. The van der Waals surface area contributed by atoms with Gasteiger partial charge in [-0.2, -0.15) is 0 Å². The fourth-order valence-electron chi connectivity index (χ4n) is 2.46. The van der Waals surface area contributed by atoms with Crippen LogP contribution in [0.4, 0.5) is 0 Å². The van der Waals surface area contributed by atoms with Crippen molar-refractivity contribution in [3.63, 3.8) is 0 Å². The van der Waals surface area contributed by atoms with E-state index in [1.54, 1.807) is 0 Å². The van der Waals surface area contributed by atoms with Gasteiger partial charge in [-0.15, -0.1) is 0 Å². The van der Waals surface area contributed by atoms with Gasteiger partial charge in [-0.1, -0.05) is 51.1 Å². The Balaban J connectivity index is 2.40. The fourth-order valence-corrected chi connectivity index (χ4v) is 2.46. The smallest absolute Gasteiger partial charge is 0.0102 e. The summed E-state index contributed by atoms with van der Waals surface area (Å²) in [5.41, 5.74) is 1.72. The van der Waals surface area contributed by atoms with Crippen molar-refractivity contribution >= 4 is 0 Å². The van der Waals surface area contributed by atoms with Crippen molar-refractivity contribution in [2.45, 2.75) is 40.2 Å². The summed E-state index contributed by atoms with van der Waals surface area (Å²) in [6, 6.07) is 11.3. The van der Waals surface area contributed by atoms with Crippen LogP contribution in [0.2, 0.25) is 0 Å². The van der Waals surface area contributed by atoms with Crippen LogP contribution >= 0.6 is 0 Å².